The van der Waals surface area contributed by atoms with Crippen LogP contribution in [0.1, 0.15) is 13.8 Å². The molecule has 0 aliphatic carbocycles. The second-order valence-electron chi connectivity index (χ2n) is 6.75. The molecule has 1 amide bonds. The van der Waals surface area contributed by atoms with Crippen LogP contribution in [0.3, 0.4) is 0 Å². The van der Waals surface area contributed by atoms with E-state index in [9.17, 15) is 18.8 Å². The number of halogens is 1. The fraction of sp³-hybridized carbons (Fsp3) is 0.250. The summed E-state index contributed by atoms with van der Waals surface area (Å²) in [6.45, 7) is 3.83. The zero-order valence-electron chi connectivity index (χ0n) is 15.1. The van der Waals surface area contributed by atoms with E-state index in [2.05, 4.69) is 5.32 Å². The van der Waals surface area contributed by atoms with Gasteiger partial charge in [-0.25, -0.2) is 9.18 Å². The Morgan fingerprint density at radius 2 is 1.70 bits per heavy atom. The normalized spacial score (nSPS) is 11.1. The Bertz CT molecular complexity index is 1100. The van der Waals surface area contributed by atoms with E-state index in [4.69, 9.17) is 0 Å². The molecule has 1 aromatic heterocycles. The molecule has 27 heavy (non-hydrogen) atoms. The first-order valence-electron chi connectivity index (χ1n) is 8.64. The molecule has 0 aliphatic rings. The second-order valence-corrected chi connectivity index (χ2v) is 6.75. The lowest BCUT2D eigenvalue weighted by molar-refractivity contribution is -0.116. The number of aromatic nitrogens is 2. The molecule has 0 atom stereocenters. The molecule has 140 valence electrons. The average molecular weight is 369 g/mol. The summed E-state index contributed by atoms with van der Waals surface area (Å²) in [5.74, 6) is -0.752. The summed E-state index contributed by atoms with van der Waals surface area (Å²) in [7, 11) is 0. The van der Waals surface area contributed by atoms with Crippen molar-refractivity contribution in [1.29, 1.82) is 0 Å². The molecule has 0 spiro atoms. The first-order chi connectivity index (χ1) is 12.9. The molecule has 1 N–H and O–H groups in total. The lowest BCUT2D eigenvalue weighted by Crippen LogP contribution is -2.42. The highest BCUT2D eigenvalue weighted by Crippen LogP contribution is 2.10. The Morgan fingerprint density at radius 1 is 1.04 bits per heavy atom. The molecule has 0 saturated heterocycles. The van der Waals surface area contributed by atoms with Crippen molar-refractivity contribution in [3.63, 3.8) is 0 Å². The van der Waals surface area contributed by atoms with Gasteiger partial charge >= 0.3 is 5.69 Å². The van der Waals surface area contributed by atoms with Gasteiger partial charge in [0.2, 0.25) is 5.91 Å². The highest BCUT2D eigenvalue weighted by atomic mass is 19.1. The molecule has 0 unspecified atom stereocenters. The minimum absolute atomic E-state index is 0.0954. The van der Waals surface area contributed by atoms with Crippen LogP contribution in [0, 0.1) is 11.7 Å². The van der Waals surface area contributed by atoms with Gasteiger partial charge in [-0.05, 0) is 42.3 Å². The summed E-state index contributed by atoms with van der Waals surface area (Å²) in [5.41, 5.74) is -0.0582. The number of carbonyl (C=O) groups excluding carboxylic acids is 1. The van der Waals surface area contributed by atoms with Crippen LogP contribution >= 0.6 is 0 Å². The van der Waals surface area contributed by atoms with E-state index in [0.29, 0.717) is 16.6 Å². The van der Waals surface area contributed by atoms with Gasteiger partial charge in [-0.1, -0.05) is 26.0 Å². The molecule has 6 nitrogen and oxygen atoms in total. The molecular weight excluding hydrogens is 349 g/mol. The van der Waals surface area contributed by atoms with Crippen molar-refractivity contribution in [2.45, 2.75) is 26.9 Å². The Kier molecular flexibility index (Phi) is 5.21. The molecule has 0 saturated carbocycles. The predicted molar refractivity (Wildman–Crippen MR) is 102 cm³/mol. The summed E-state index contributed by atoms with van der Waals surface area (Å²) < 4.78 is 15.4. The van der Waals surface area contributed by atoms with Crippen LogP contribution in [-0.4, -0.2) is 15.0 Å². The van der Waals surface area contributed by atoms with E-state index in [1.54, 1.807) is 24.3 Å². The van der Waals surface area contributed by atoms with E-state index in [0.717, 1.165) is 4.57 Å². The van der Waals surface area contributed by atoms with Crippen molar-refractivity contribution in [2.24, 2.45) is 5.92 Å². The number of nitrogens with one attached hydrogen (secondary N) is 1. The third-order valence-electron chi connectivity index (χ3n) is 4.11. The fourth-order valence-electron chi connectivity index (χ4n) is 2.93. The van der Waals surface area contributed by atoms with Crippen LogP contribution in [0.2, 0.25) is 0 Å². The molecule has 7 heteroatoms. The third-order valence-corrected chi connectivity index (χ3v) is 4.11. The zero-order chi connectivity index (χ0) is 19.6. The van der Waals surface area contributed by atoms with Gasteiger partial charge in [-0.15, -0.1) is 0 Å². The van der Waals surface area contributed by atoms with E-state index in [-0.39, 0.29) is 24.6 Å². The van der Waals surface area contributed by atoms with Gasteiger partial charge in [0, 0.05) is 12.2 Å². The van der Waals surface area contributed by atoms with E-state index in [1.165, 1.54) is 28.8 Å². The number of fused-ring (bicyclic) bond motifs is 1. The number of para-hydroxylation sites is 1. The number of hydrogen-bond acceptors (Lipinski definition) is 3. The number of rotatable bonds is 5. The van der Waals surface area contributed by atoms with Crippen molar-refractivity contribution < 1.29 is 9.18 Å². The minimum Gasteiger partial charge on any atom is -0.325 e. The van der Waals surface area contributed by atoms with Gasteiger partial charge < -0.3 is 5.32 Å². The summed E-state index contributed by atoms with van der Waals surface area (Å²) in [6, 6.07) is 12.1. The van der Waals surface area contributed by atoms with Gasteiger partial charge in [0.25, 0.3) is 5.56 Å². The number of nitrogens with zero attached hydrogens (tertiary/aromatic N) is 2. The number of carbonyl (C=O) groups is 1. The van der Waals surface area contributed by atoms with Crippen molar-refractivity contribution in [2.75, 3.05) is 5.32 Å². The summed E-state index contributed by atoms with van der Waals surface area (Å²) in [5, 5.41) is 3.01. The van der Waals surface area contributed by atoms with Crippen LogP contribution in [0.25, 0.3) is 10.9 Å². The van der Waals surface area contributed by atoms with Crippen molar-refractivity contribution in [3.8, 4) is 0 Å². The molecule has 2 aromatic carbocycles. The smallest absolute Gasteiger partial charge is 0.325 e. The molecule has 3 rings (SSSR count). The predicted octanol–water partition coefficient (Wildman–Crippen LogP) is 2.60. The van der Waals surface area contributed by atoms with Gasteiger partial charge in [-0.3, -0.25) is 18.7 Å². The maximum absolute atomic E-state index is 13.0. The summed E-state index contributed by atoms with van der Waals surface area (Å²) in [6.07, 6.45) is 0. The van der Waals surface area contributed by atoms with Crippen LogP contribution in [-0.2, 0) is 17.9 Å². The van der Waals surface area contributed by atoms with Gasteiger partial charge in [0.15, 0.2) is 0 Å². The molecule has 0 fully saturated rings. The van der Waals surface area contributed by atoms with E-state index >= 15 is 0 Å². The molecule has 0 bridgehead atoms. The van der Waals surface area contributed by atoms with Crippen molar-refractivity contribution >= 4 is 22.5 Å². The number of amides is 1. The number of hydrogen-bond donors (Lipinski definition) is 1. The SMILES string of the molecule is CC(C)Cn1c(=O)c2ccccc2n(CC(=O)Nc2ccc(F)cc2)c1=O. The Balaban J connectivity index is 2.02. The fourth-order valence-corrected chi connectivity index (χ4v) is 2.93. The quantitative estimate of drug-likeness (QED) is 0.751. The van der Waals surface area contributed by atoms with E-state index < -0.39 is 17.4 Å². The maximum atomic E-state index is 13.0. The average Bonchev–Trinajstić information content (AvgIpc) is 2.64. The third kappa shape index (κ3) is 3.97. The Morgan fingerprint density at radius 3 is 2.37 bits per heavy atom. The molecule has 1 heterocycles. The van der Waals surface area contributed by atoms with Crippen molar-refractivity contribution in [3.05, 3.63) is 75.2 Å². The first-order valence-corrected chi connectivity index (χ1v) is 8.64. The molecule has 0 radical (unpaired) electrons. The topological polar surface area (TPSA) is 73.1 Å². The highest BCUT2D eigenvalue weighted by molar-refractivity contribution is 5.91. The van der Waals surface area contributed by atoms with Crippen LogP contribution in [0.4, 0.5) is 10.1 Å². The van der Waals surface area contributed by atoms with Gasteiger partial charge in [0.05, 0.1) is 10.9 Å². The molecule has 0 aliphatic heterocycles. The maximum Gasteiger partial charge on any atom is 0.331 e. The monoisotopic (exact) mass is 369 g/mol. The van der Waals surface area contributed by atoms with Crippen LogP contribution < -0.4 is 16.6 Å². The van der Waals surface area contributed by atoms with Crippen molar-refractivity contribution in [1.82, 2.24) is 9.13 Å². The molecule has 3 aromatic rings. The standard InChI is InChI=1S/C20H20FN3O3/c1-13(2)11-24-19(26)16-5-3-4-6-17(16)23(20(24)27)12-18(25)22-15-9-7-14(21)8-10-15/h3-10,13H,11-12H2,1-2H3,(H,22,25). The number of anilines is 1. The van der Waals surface area contributed by atoms with Gasteiger partial charge in [-0.2, -0.15) is 0 Å². The second kappa shape index (κ2) is 7.57. The Labute approximate surface area is 154 Å². The lowest BCUT2D eigenvalue weighted by atomic mass is 10.2. The molecular formula is C20H20FN3O3. The number of benzene rings is 2. The Hall–Kier alpha value is -3.22. The highest BCUT2D eigenvalue weighted by Gasteiger charge is 2.16. The van der Waals surface area contributed by atoms with Crippen LogP contribution in [0.5, 0.6) is 0 Å². The summed E-state index contributed by atoms with van der Waals surface area (Å²) in [4.78, 5) is 38.0. The zero-order valence-corrected chi connectivity index (χ0v) is 15.1. The van der Waals surface area contributed by atoms with E-state index in [1.807, 2.05) is 13.8 Å². The lowest BCUT2D eigenvalue weighted by Gasteiger charge is -2.15. The largest absolute Gasteiger partial charge is 0.331 e. The minimum atomic E-state index is -0.526. The summed E-state index contributed by atoms with van der Waals surface area (Å²) >= 11 is 0. The first kappa shape index (κ1) is 18.6. The van der Waals surface area contributed by atoms with Gasteiger partial charge in [0.1, 0.15) is 12.4 Å². The van der Waals surface area contributed by atoms with Crippen LogP contribution in [0.15, 0.2) is 58.1 Å².